The van der Waals surface area contributed by atoms with Crippen molar-refractivity contribution in [2.45, 2.75) is 38.2 Å². The van der Waals surface area contributed by atoms with Crippen molar-refractivity contribution in [1.29, 1.82) is 0 Å². The van der Waals surface area contributed by atoms with Crippen molar-refractivity contribution in [3.05, 3.63) is 0 Å². The molecule has 0 aliphatic carbocycles. The van der Waals surface area contributed by atoms with Crippen molar-refractivity contribution in [3.8, 4) is 0 Å². The first-order chi connectivity index (χ1) is 6.33. The second-order valence-corrected chi connectivity index (χ2v) is 4.13. The van der Waals surface area contributed by atoms with Gasteiger partial charge in [-0.2, -0.15) is 0 Å². The number of unbranched alkanes of at least 4 members (excludes halogenated alkanes) is 3. The maximum absolute atomic E-state index is 5.89. The zero-order chi connectivity index (χ0) is 9.52. The molecule has 78 valence electrons. The molecule has 1 unspecified atom stereocenters. The maximum Gasteiger partial charge on any atom is 0.143 e. The van der Waals surface area contributed by atoms with Crippen LogP contribution < -0.4 is 0 Å². The van der Waals surface area contributed by atoms with Gasteiger partial charge in [-0.15, -0.1) is 0 Å². The lowest BCUT2D eigenvalue weighted by molar-refractivity contribution is 0.0136. The molecule has 1 saturated heterocycles. The molecule has 1 fully saturated rings. The van der Waals surface area contributed by atoms with Gasteiger partial charge < -0.3 is 4.74 Å². The van der Waals surface area contributed by atoms with Gasteiger partial charge in [0.25, 0.3) is 0 Å². The fourth-order valence-corrected chi connectivity index (χ4v) is 1.91. The van der Waals surface area contributed by atoms with Crippen LogP contribution in [0.15, 0.2) is 0 Å². The zero-order valence-electron chi connectivity index (χ0n) is 8.47. The van der Waals surface area contributed by atoms with Crippen LogP contribution in [0.2, 0.25) is 0 Å². The van der Waals surface area contributed by atoms with E-state index in [0.29, 0.717) is 0 Å². The predicted octanol–water partition coefficient (Wildman–Crippen LogP) is 2.46. The second kappa shape index (κ2) is 6.63. The molecule has 1 atom stereocenters. The molecule has 0 bridgehead atoms. The van der Waals surface area contributed by atoms with Crippen LogP contribution in [0.4, 0.5) is 0 Å². The third-order valence-electron chi connectivity index (χ3n) is 2.44. The van der Waals surface area contributed by atoms with Crippen LogP contribution >= 0.6 is 11.6 Å². The van der Waals surface area contributed by atoms with Crippen LogP contribution in [-0.2, 0) is 4.74 Å². The highest BCUT2D eigenvalue weighted by Crippen LogP contribution is 2.09. The van der Waals surface area contributed by atoms with Gasteiger partial charge in [0.05, 0.1) is 6.61 Å². The first kappa shape index (κ1) is 11.3. The Balaban J connectivity index is 2.00. The van der Waals surface area contributed by atoms with Crippen LogP contribution in [0, 0.1) is 0 Å². The molecule has 0 radical (unpaired) electrons. The van der Waals surface area contributed by atoms with Crippen molar-refractivity contribution in [1.82, 2.24) is 4.90 Å². The summed E-state index contributed by atoms with van der Waals surface area (Å²) in [5.41, 5.74) is -0.0834. The Morgan fingerprint density at radius 1 is 1.38 bits per heavy atom. The summed E-state index contributed by atoms with van der Waals surface area (Å²) in [6, 6.07) is 0. The van der Waals surface area contributed by atoms with Gasteiger partial charge in [-0.3, -0.25) is 4.90 Å². The van der Waals surface area contributed by atoms with Gasteiger partial charge in [0.15, 0.2) is 0 Å². The normalized spacial score (nSPS) is 24.9. The minimum Gasteiger partial charge on any atom is -0.360 e. The van der Waals surface area contributed by atoms with Crippen molar-refractivity contribution < 1.29 is 4.74 Å². The fourth-order valence-electron chi connectivity index (χ4n) is 1.62. The number of ether oxygens (including phenoxy) is 1. The van der Waals surface area contributed by atoms with Crippen LogP contribution in [0.25, 0.3) is 0 Å². The number of hydrogen-bond donors (Lipinski definition) is 0. The lowest BCUT2D eigenvalue weighted by Gasteiger charge is -2.29. The molecule has 0 aromatic rings. The summed E-state index contributed by atoms with van der Waals surface area (Å²) in [6.45, 7) is 6.17. The molecule has 0 aromatic heterocycles. The number of alkyl halides is 1. The Labute approximate surface area is 86.2 Å². The van der Waals surface area contributed by atoms with E-state index in [0.717, 1.165) is 19.7 Å². The molecule has 0 spiro atoms. The highest BCUT2D eigenvalue weighted by atomic mass is 35.5. The Hall–Kier alpha value is 0.210. The summed E-state index contributed by atoms with van der Waals surface area (Å²) < 4.78 is 5.26. The molecule has 2 nitrogen and oxygen atoms in total. The van der Waals surface area contributed by atoms with Crippen LogP contribution in [-0.4, -0.2) is 36.7 Å². The van der Waals surface area contributed by atoms with E-state index < -0.39 is 0 Å². The standard InChI is InChI=1S/C10H20ClNO/c1-2-3-4-5-6-12-7-8-13-10(11)9-12/h10H,2-9H2,1H3. The van der Waals surface area contributed by atoms with Gasteiger partial charge in [0.2, 0.25) is 0 Å². The van der Waals surface area contributed by atoms with Gasteiger partial charge >= 0.3 is 0 Å². The molecule has 0 aromatic carbocycles. The molecule has 0 saturated carbocycles. The van der Waals surface area contributed by atoms with E-state index in [1.165, 1.54) is 32.2 Å². The van der Waals surface area contributed by atoms with E-state index in [1.54, 1.807) is 0 Å². The third-order valence-corrected chi connectivity index (χ3v) is 2.70. The summed E-state index contributed by atoms with van der Waals surface area (Å²) in [5, 5.41) is 0. The first-order valence-electron chi connectivity index (χ1n) is 5.31. The summed E-state index contributed by atoms with van der Waals surface area (Å²) in [6.07, 6.45) is 5.31. The zero-order valence-corrected chi connectivity index (χ0v) is 9.22. The molecule has 0 N–H and O–H groups in total. The topological polar surface area (TPSA) is 12.5 Å². The van der Waals surface area contributed by atoms with Crippen molar-refractivity contribution >= 4 is 11.6 Å². The molecule has 1 heterocycles. The Morgan fingerprint density at radius 2 is 2.23 bits per heavy atom. The Morgan fingerprint density at radius 3 is 2.92 bits per heavy atom. The molecular weight excluding hydrogens is 186 g/mol. The van der Waals surface area contributed by atoms with Crippen molar-refractivity contribution in [2.24, 2.45) is 0 Å². The van der Waals surface area contributed by atoms with E-state index >= 15 is 0 Å². The van der Waals surface area contributed by atoms with E-state index in [1.807, 2.05) is 0 Å². The van der Waals surface area contributed by atoms with Gasteiger partial charge in [0.1, 0.15) is 5.56 Å². The fraction of sp³-hybridized carbons (Fsp3) is 1.00. The molecule has 0 amide bonds. The van der Waals surface area contributed by atoms with Crippen LogP contribution in [0.5, 0.6) is 0 Å². The Bertz CT molecular complexity index is 132. The predicted molar refractivity (Wildman–Crippen MR) is 56.2 cm³/mol. The lowest BCUT2D eigenvalue weighted by Crippen LogP contribution is -2.40. The minimum atomic E-state index is -0.0834. The van der Waals surface area contributed by atoms with Crippen LogP contribution in [0.3, 0.4) is 0 Å². The van der Waals surface area contributed by atoms with Gasteiger partial charge in [0, 0.05) is 13.1 Å². The van der Waals surface area contributed by atoms with E-state index in [2.05, 4.69) is 11.8 Å². The van der Waals surface area contributed by atoms with E-state index in [9.17, 15) is 0 Å². The highest BCUT2D eigenvalue weighted by Gasteiger charge is 2.16. The van der Waals surface area contributed by atoms with Gasteiger partial charge in [-0.1, -0.05) is 37.8 Å². The summed E-state index contributed by atoms with van der Waals surface area (Å²) in [7, 11) is 0. The van der Waals surface area contributed by atoms with E-state index in [-0.39, 0.29) is 5.56 Å². The second-order valence-electron chi connectivity index (χ2n) is 3.64. The number of hydrogen-bond acceptors (Lipinski definition) is 2. The SMILES string of the molecule is CCCCCCN1CCOC(Cl)C1. The van der Waals surface area contributed by atoms with Gasteiger partial charge in [-0.25, -0.2) is 0 Å². The van der Waals surface area contributed by atoms with Crippen LogP contribution in [0.1, 0.15) is 32.6 Å². The minimum absolute atomic E-state index is 0.0834. The summed E-state index contributed by atoms with van der Waals surface area (Å²) >= 11 is 5.89. The summed E-state index contributed by atoms with van der Waals surface area (Å²) in [4.78, 5) is 2.40. The molecular formula is C10H20ClNO. The molecule has 1 aliphatic heterocycles. The highest BCUT2D eigenvalue weighted by molar-refractivity contribution is 6.19. The third kappa shape index (κ3) is 4.84. The Kier molecular flexibility index (Phi) is 5.76. The summed E-state index contributed by atoms with van der Waals surface area (Å²) in [5.74, 6) is 0. The molecule has 13 heavy (non-hydrogen) atoms. The van der Waals surface area contributed by atoms with Crippen molar-refractivity contribution in [2.75, 3.05) is 26.2 Å². The lowest BCUT2D eigenvalue weighted by atomic mass is 10.2. The average Bonchev–Trinajstić information content (AvgIpc) is 2.13. The van der Waals surface area contributed by atoms with Gasteiger partial charge in [-0.05, 0) is 13.0 Å². The number of halogens is 1. The molecule has 3 heteroatoms. The quantitative estimate of drug-likeness (QED) is 0.505. The smallest absolute Gasteiger partial charge is 0.143 e. The number of rotatable bonds is 5. The molecule has 1 rings (SSSR count). The number of morpholine rings is 1. The average molecular weight is 206 g/mol. The first-order valence-corrected chi connectivity index (χ1v) is 5.74. The maximum atomic E-state index is 5.89. The molecule has 1 aliphatic rings. The van der Waals surface area contributed by atoms with E-state index in [4.69, 9.17) is 16.3 Å². The van der Waals surface area contributed by atoms with Crippen molar-refractivity contribution in [3.63, 3.8) is 0 Å². The monoisotopic (exact) mass is 205 g/mol. The number of nitrogens with zero attached hydrogens (tertiary/aromatic N) is 1. The largest absolute Gasteiger partial charge is 0.360 e.